The van der Waals surface area contributed by atoms with Crippen LogP contribution in [0.4, 0.5) is 5.69 Å². The van der Waals surface area contributed by atoms with Gasteiger partial charge in [0.25, 0.3) is 0 Å². The molecule has 0 bridgehead atoms. The van der Waals surface area contributed by atoms with E-state index in [1.165, 1.54) is 0 Å². The number of anilines is 1. The highest BCUT2D eigenvalue weighted by molar-refractivity contribution is 5.85. The lowest BCUT2D eigenvalue weighted by Gasteiger charge is -2.44. The zero-order valence-corrected chi connectivity index (χ0v) is 10.2. The van der Waals surface area contributed by atoms with Crippen LogP contribution in [-0.2, 0) is 10.2 Å². The number of benzene rings is 1. The molecule has 1 aromatic rings. The second-order valence-electron chi connectivity index (χ2n) is 4.97. The van der Waals surface area contributed by atoms with Crippen LogP contribution in [0, 0.1) is 0 Å². The molecule has 3 N–H and O–H groups in total. The van der Waals surface area contributed by atoms with E-state index < -0.39 is 11.4 Å². The van der Waals surface area contributed by atoms with Crippen molar-refractivity contribution in [2.24, 2.45) is 5.73 Å². The summed E-state index contributed by atoms with van der Waals surface area (Å²) in [5, 5.41) is 9.49. The van der Waals surface area contributed by atoms with Crippen LogP contribution in [0.15, 0.2) is 24.3 Å². The lowest BCUT2D eigenvalue weighted by atomic mass is 9.61. The van der Waals surface area contributed by atoms with Crippen molar-refractivity contribution < 1.29 is 9.90 Å². The molecule has 2 rings (SSSR count). The fraction of sp³-hybridized carbons (Fsp3) is 0.462. The van der Waals surface area contributed by atoms with Gasteiger partial charge in [0, 0.05) is 25.8 Å². The maximum atomic E-state index is 11.6. The van der Waals surface area contributed by atoms with Crippen molar-refractivity contribution >= 4 is 11.7 Å². The van der Waals surface area contributed by atoms with Gasteiger partial charge in [-0.3, -0.25) is 4.79 Å². The normalized spacial score (nSPS) is 27.4. The molecule has 0 heterocycles. The summed E-state index contributed by atoms with van der Waals surface area (Å²) < 4.78 is 0. The molecule has 1 saturated carbocycles. The summed E-state index contributed by atoms with van der Waals surface area (Å²) >= 11 is 0. The molecule has 92 valence electrons. The zero-order valence-electron chi connectivity index (χ0n) is 10.2. The van der Waals surface area contributed by atoms with Crippen LogP contribution in [0.5, 0.6) is 0 Å². The number of rotatable bonds is 3. The molecule has 0 aliphatic heterocycles. The highest BCUT2D eigenvalue weighted by Gasteiger charge is 2.51. The van der Waals surface area contributed by atoms with Gasteiger partial charge in [0.15, 0.2) is 0 Å². The van der Waals surface area contributed by atoms with Crippen molar-refractivity contribution in [3.8, 4) is 0 Å². The smallest absolute Gasteiger partial charge is 0.314 e. The van der Waals surface area contributed by atoms with Crippen LogP contribution in [0.3, 0.4) is 0 Å². The van der Waals surface area contributed by atoms with Crippen LogP contribution >= 0.6 is 0 Å². The van der Waals surface area contributed by atoms with Gasteiger partial charge in [0.1, 0.15) is 0 Å². The Bertz CT molecular complexity index is 437. The summed E-state index contributed by atoms with van der Waals surface area (Å²) in [6.45, 7) is 0. The highest BCUT2D eigenvalue weighted by Crippen LogP contribution is 2.46. The van der Waals surface area contributed by atoms with Crippen LogP contribution in [0.1, 0.15) is 18.4 Å². The van der Waals surface area contributed by atoms with Gasteiger partial charge in [-0.25, -0.2) is 0 Å². The molecular weight excluding hydrogens is 216 g/mol. The quantitative estimate of drug-likeness (QED) is 0.824. The Kier molecular flexibility index (Phi) is 2.83. The molecule has 0 saturated heterocycles. The largest absolute Gasteiger partial charge is 0.481 e. The van der Waals surface area contributed by atoms with Gasteiger partial charge in [0.2, 0.25) is 0 Å². The fourth-order valence-corrected chi connectivity index (χ4v) is 2.61. The molecule has 1 aliphatic rings. The Labute approximate surface area is 101 Å². The van der Waals surface area contributed by atoms with Crippen molar-refractivity contribution in [3.05, 3.63) is 29.8 Å². The molecule has 0 amide bonds. The molecule has 1 fully saturated rings. The maximum Gasteiger partial charge on any atom is 0.314 e. The van der Waals surface area contributed by atoms with E-state index in [0.717, 1.165) is 11.3 Å². The minimum absolute atomic E-state index is 0.00122. The predicted octanol–water partition coefficient (Wildman–Crippen LogP) is 1.20. The van der Waals surface area contributed by atoms with Gasteiger partial charge in [-0.05, 0) is 24.5 Å². The summed E-state index contributed by atoms with van der Waals surface area (Å²) in [5.74, 6) is -0.770. The van der Waals surface area contributed by atoms with E-state index in [1.807, 2.05) is 43.3 Å². The number of nitrogens with two attached hydrogens (primary N) is 1. The van der Waals surface area contributed by atoms with Crippen LogP contribution < -0.4 is 10.6 Å². The standard InChI is InChI=1S/C13H18N2O2/c1-15(2)11-6-4-3-5-10(11)13(12(16)17)7-9(14)8-13/h3-6,9H,7-8,14H2,1-2H3,(H,16,17). The number of hydrogen-bond acceptors (Lipinski definition) is 3. The topological polar surface area (TPSA) is 66.6 Å². The molecule has 4 heteroatoms. The van der Waals surface area contributed by atoms with Crippen LogP contribution in [0.25, 0.3) is 0 Å². The van der Waals surface area contributed by atoms with Gasteiger partial charge in [-0.1, -0.05) is 18.2 Å². The monoisotopic (exact) mass is 234 g/mol. The van der Waals surface area contributed by atoms with Crippen molar-refractivity contribution in [1.82, 2.24) is 0 Å². The number of hydrogen-bond donors (Lipinski definition) is 2. The maximum absolute atomic E-state index is 11.6. The fourth-order valence-electron chi connectivity index (χ4n) is 2.61. The van der Waals surface area contributed by atoms with E-state index in [0.29, 0.717) is 12.8 Å². The highest BCUT2D eigenvalue weighted by atomic mass is 16.4. The van der Waals surface area contributed by atoms with Crippen molar-refractivity contribution in [2.75, 3.05) is 19.0 Å². The van der Waals surface area contributed by atoms with E-state index in [9.17, 15) is 9.90 Å². The van der Waals surface area contributed by atoms with E-state index in [2.05, 4.69) is 0 Å². The van der Waals surface area contributed by atoms with Gasteiger partial charge >= 0.3 is 5.97 Å². The number of para-hydroxylation sites is 1. The average molecular weight is 234 g/mol. The summed E-state index contributed by atoms with van der Waals surface area (Å²) in [6, 6.07) is 7.66. The number of aliphatic carboxylic acids is 1. The number of carbonyl (C=O) groups is 1. The van der Waals surface area contributed by atoms with Crippen LogP contribution in [0.2, 0.25) is 0 Å². The lowest BCUT2D eigenvalue weighted by molar-refractivity contribution is -0.148. The second-order valence-corrected chi connectivity index (χ2v) is 4.97. The predicted molar refractivity (Wildman–Crippen MR) is 67.3 cm³/mol. The first-order chi connectivity index (χ1) is 7.97. The first-order valence-corrected chi connectivity index (χ1v) is 5.73. The Morgan fingerprint density at radius 1 is 1.41 bits per heavy atom. The molecular formula is C13H18N2O2. The number of carboxylic acid groups (broad SMARTS) is 1. The van der Waals surface area contributed by atoms with Crippen molar-refractivity contribution in [1.29, 1.82) is 0 Å². The Hall–Kier alpha value is -1.55. The molecule has 0 spiro atoms. The SMILES string of the molecule is CN(C)c1ccccc1C1(C(=O)O)CC(N)C1. The third kappa shape index (κ3) is 1.78. The number of carboxylic acids is 1. The molecule has 0 radical (unpaired) electrons. The van der Waals surface area contributed by atoms with E-state index in [-0.39, 0.29) is 6.04 Å². The Morgan fingerprint density at radius 2 is 2.00 bits per heavy atom. The van der Waals surface area contributed by atoms with Gasteiger partial charge < -0.3 is 15.7 Å². The molecule has 0 aromatic heterocycles. The van der Waals surface area contributed by atoms with Crippen molar-refractivity contribution in [2.45, 2.75) is 24.3 Å². The van der Waals surface area contributed by atoms with E-state index in [4.69, 9.17) is 5.73 Å². The molecule has 0 unspecified atom stereocenters. The summed E-state index contributed by atoms with van der Waals surface area (Å²) in [4.78, 5) is 13.5. The number of nitrogens with zero attached hydrogens (tertiary/aromatic N) is 1. The Balaban J connectivity index is 2.48. The zero-order chi connectivity index (χ0) is 12.6. The molecule has 1 aromatic carbocycles. The molecule has 4 nitrogen and oxygen atoms in total. The minimum atomic E-state index is -0.791. The van der Waals surface area contributed by atoms with Crippen molar-refractivity contribution in [3.63, 3.8) is 0 Å². The summed E-state index contributed by atoms with van der Waals surface area (Å²) in [7, 11) is 3.85. The lowest BCUT2D eigenvalue weighted by Crippen LogP contribution is -2.54. The minimum Gasteiger partial charge on any atom is -0.481 e. The van der Waals surface area contributed by atoms with Gasteiger partial charge in [-0.15, -0.1) is 0 Å². The third-order valence-corrected chi connectivity index (χ3v) is 3.53. The first-order valence-electron chi connectivity index (χ1n) is 5.73. The van der Waals surface area contributed by atoms with Crippen LogP contribution in [-0.4, -0.2) is 31.2 Å². The van der Waals surface area contributed by atoms with Gasteiger partial charge in [0.05, 0.1) is 5.41 Å². The second kappa shape index (κ2) is 4.04. The van der Waals surface area contributed by atoms with E-state index >= 15 is 0 Å². The van der Waals surface area contributed by atoms with E-state index in [1.54, 1.807) is 0 Å². The Morgan fingerprint density at radius 3 is 2.47 bits per heavy atom. The first kappa shape index (κ1) is 11.9. The third-order valence-electron chi connectivity index (χ3n) is 3.53. The summed E-state index contributed by atoms with van der Waals surface area (Å²) in [6.07, 6.45) is 1.04. The average Bonchev–Trinajstić information content (AvgIpc) is 2.24. The molecule has 1 aliphatic carbocycles. The molecule has 0 atom stereocenters. The van der Waals surface area contributed by atoms with Gasteiger partial charge in [-0.2, -0.15) is 0 Å². The molecule has 17 heavy (non-hydrogen) atoms. The summed E-state index contributed by atoms with van der Waals surface area (Å²) in [5.41, 5.74) is 6.82.